The monoisotopic (exact) mass is 355 g/mol. The molecule has 20 heavy (non-hydrogen) atoms. The van der Waals surface area contributed by atoms with E-state index in [2.05, 4.69) is 39.6 Å². The van der Waals surface area contributed by atoms with Crippen LogP contribution in [-0.2, 0) is 12.8 Å². The number of rotatable bonds is 7. The molecule has 0 bridgehead atoms. The van der Waals surface area contributed by atoms with Crippen molar-refractivity contribution in [2.45, 2.75) is 32.2 Å². The van der Waals surface area contributed by atoms with Crippen LogP contribution < -0.4 is 5.32 Å². The van der Waals surface area contributed by atoms with Gasteiger partial charge in [-0.25, -0.2) is 4.39 Å². The lowest BCUT2D eigenvalue weighted by Crippen LogP contribution is -2.33. The van der Waals surface area contributed by atoms with Crippen LogP contribution in [0.25, 0.3) is 0 Å². The summed E-state index contributed by atoms with van der Waals surface area (Å²) in [6, 6.07) is 9.47. The van der Waals surface area contributed by atoms with E-state index in [1.165, 1.54) is 10.9 Å². The van der Waals surface area contributed by atoms with Gasteiger partial charge < -0.3 is 5.32 Å². The second-order valence-corrected chi connectivity index (χ2v) is 6.79. The van der Waals surface area contributed by atoms with Crippen molar-refractivity contribution in [1.82, 2.24) is 5.32 Å². The molecule has 108 valence electrons. The molecule has 2 aromatic rings. The van der Waals surface area contributed by atoms with E-state index in [0.717, 1.165) is 35.8 Å². The Morgan fingerprint density at radius 2 is 2.10 bits per heavy atom. The van der Waals surface area contributed by atoms with Crippen LogP contribution in [0, 0.1) is 5.82 Å². The predicted octanol–water partition coefficient (Wildman–Crippen LogP) is 4.80. The zero-order chi connectivity index (χ0) is 14.4. The standard InChI is InChI=1S/C16H19BrFNS/c1-2-7-19-14(10-15-9-13(17)11-20-15)8-12-5-3-4-6-16(12)18/h3-6,9,11,14,19H,2,7-8,10H2,1H3. The topological polar surface area (TPSA) is 12.0 Å². The van der Waals surface area contributed by atoms with E-state index in [9.17, 15) is 4.39 Å². The number of hydrogen-bond acceptors (Lipinski definition) is 2. The van der Waals surface area contributed by atoms with Crippen molar-refractivity contribution in [3.8, 4) is 0 Å². The molecule has 1 aromatic heterocycles. The molecule has 1 atom stereocenters. The van der Waals surface area contributed by atoms with Gasteiger partial charge in [0.2, 0.25) is 0 Å². The smallest absolute Gasteiger partial charge is 0.126 e. The van der Waals surface area contributed by atoms with E-state index in [1.54, 1.807) is 17.4 Å². The lowest BCUT2D eigenvalue weighted by Gasteiger charge is -2.18. The summed E-state index contributed by atoms with van der Waals surface area (Å²) in [6.07, 6.45) is 2.74. The number of thiophene rings is 1. The number of benzene rings is 1. The van der Waals surface area contributed by atoms with E-state index in [1.807, 2.05) is 12.1 Å². The summed E-state index contributed by atoms with van der Waals surface area (Å²) < 4.78 is 14.9. The van der Waals surface area contributed by atoms with Gasteiger partial charge in [0.25, 0.3) is 0 Å². The molecule has 0 spiro atoms. The van der Waals surface area contributed by atoms with Gasteiger partial charge in [-0.1, -0.05) is 25.1 Å². The Kier molecular flexibility index (Phi) is 6.20. The van der Waals surface area contributed by atoms with Gasteiger partial charge in [0.05, 0.1) is 0 Å². The molecule has 1 N–H and O–H groups in total. The first-order chi connectivity index (χ1) is 9.69. The van der Waals surface area contributed by atoms with Crippen molar-refractivity contribution in [3.05, 3.63) is 56.4 Å². The molecule has 0 amide bonds. The number of halogens is 2. The van der Waals surface area contributed by atoms with Crippen LogP contribution >= 0.6 is 27.3 Å². The first kappa shape index (κ1) is 15.7. The quantitative estimate of drug-likeness (QED) is 0.751. The third-order valence-corrected chi connectivity index (χ3v) is 4.90. The molecule has 0 saturated heterocycles. The second-order valence-electron chi connectivity index (χ2n) is 4.88. The highest BCUT2D eigenvalue weighted by Crippen LogP contribution is 2.22. The van der Waals surface area contributed by atoms with E-state index in [4.69, 9.17) is 0 Å². The third-order valence-electron chi connectivity index (χ3n) is 3.18. The van der Waals surface area contributed by atoms with Crippen molar-refractivity contribution in [1.29, 1.82) is 0 Å². The van der Waals surface area contributed by atoms with E-state index in [0.29, 0.717) is 0 Å². The van der Waals surface area contributed by atoms with Crippen LogP contribution in [-0.4, -0.2) is 12.6 Å². The van der Waals surface area contributed by atoms with Gasteiger partial charge in [-0.15, -0.1) is 11.3 Å². The van der Waals surface area contributed by atoms with Crippen molar-refractivity contribution in [2.75, 3.05) is 6.54 Å². The highest BCUT2D eigenvalue weighted by molar-refractivity contribution is 9.10. The summed E-state index contributed by atoms with van der Waals surface area (Å²) >= 11 is 5.23. The van der Waals surface area contributed by atoms with Gasteiger partial charge in [0.15, 0.2) is 0 Å². The fourth-order valence-corrected chi connectivity index (χ4v) is 3.73. The zero-order valence-electron chi connectivity index (χ0n) is 11.5. The Hall–Kier alpha value is -0.710. The van der Waals surface area contributed by atoms with Crippen molar-refractivity contribution in [3.63, 3.8) is 0 Å². The minimum Gasteiger partial charge on any atom is -0.313 e. The molecule has 0 fully saturated rings. The average molecular weight is 356 g/mol. The molecule has 0 aliphatic rings. The summed E-state index contributed by atoms with van der Waals surface area (Å²) in [7, 11) is 0. The normalized spacial score (nSPS) is 12.6. The summed E-state index contributed by atoms with van der Waals surface area (Å²) in [5, 5.41) is 5.62. The number of hydrogen-bond donors (Lipinski definition) is 1. The number of nitrogens with one attached hydrogen (secondary N) is 1. The SMILES string of the molecule is CCCNC(Cc1cc(Br)cs1)Cc1ccccc1F. The predicted molar refractivity (Wildman–Crippen MR) is 87.9 cm³/mol. The molecule has 1 nitrogen and oxygen atoms in total. The molecule has 1 unspecified atom stereocenters. The maximum atomic E-state index is 13.8. The van der Waals surface area contributed by atoms with Gasteiger partial charge >= 0.3 is 0 Å². The van der Waals surface area contributed by atoms with E-state index >= 15 is 0 Å². The minimum atomic E-state index is -0.108. The molecule has 1 heterocycles. The first-order valence-electron chi connectivity index (χ1n) is 6.88. The Morgan fingerprint density at radius 3 is 2.75 bits per heavy atom. The summed E-state index contributed by atoms with van der Waals surface area (Å²) in [5.41, 5.74) is 0.789. The zero-order valence-corrected chi connectivity index (χ0v) is 13.9. The van der Waals surface area contributed by atoms with Gasteiger partial charge in [-0.05, 0) is 59.4 Å². The van der Waals surface area contributed by atoms with E-state index in [-0.39, 0.29) is 11.9 Å². The van der Waals surface area contributed by atoms with Crippen LogP contribution in [0.1, 0.15) is 23.8 Å². The van der Waals surface area contributed by atoms with Crippen LogP contribution in [0.3, 0.4) is 0 Å². The van der Waals surface area contributed by atoms with E-state index < -0.39 is 0 Å². The van der Waals surface area contributed by atoms with Crippen molar-refractivity contribution in [2.24, 2.45) is 0 Å². The highest BCUT2D eigenvalue weighted by atomic mass is 79.9. The Morgan fingerprint density at radius 1 is 1.30 bits per heavy atom. The Labute approximate surface area is 132 Å². The molecule has 2 rings (SSSR count). The molecule has 0 saturated carbocycles. The molecule has 4 heteroatoms. The summed E-state index contributed by atoms with van der Waals surface area (Å²) in [5.74, 6) is -0.108. The van der Waals surface area contributed by atoms with Crippen LogP contribution in [0.5, 0.6) is 0 Å². The Bertz CT molecular complexity index is 541. The molecular weight excluding hydrogens is 337 g/mol. The second kappa shape index (κ2) is 7.91. The fourth-order valence-electron chi connectivity index (χ4n) is 2.20. The third kappa shape index (κ3) is 4.69. The largest absolute Gasteiger partial charge is 0.313 e. The molecule has 0 aliphatic carbocycles. The first-order valence-corrected chi connectivity index (χ1v) is 8.56. The maximum Gasteiger partial charge on any atom is 0.126 e. The summed E-state index contributed by atoms with van der Waals surface area (Å²) in [4.78, 5) is 1.32. The van der Waals surface area contributed by atoms with Crippen LogP contribution in [0.4, 0.5) is 4.39 Å². The fraction of sp³-hybridized carbons (Fsp3) is 0.375. The van der Waals surface area contributed by atoms with Crippen LogP contribution in [0.15, 0.2) is 40.2 Å². The summed E-state index contributed by atoms with van der Waals surface area (Å²) in [6.45, 7) is 3.11. The lowest BCUT2D eigenvalue weighted by molar-refractivity contribution is 0.494. The van der Waals surface area contributed by atoms with Gasteiger partial charge in [0, 0.05) is 20.8 Å². The molecule has 0 aliphatic heterocycles. The average Bonchev–Trinajstić information content (AvgIpc) is 2.84. The van der Waals surface area contributed by atoms with Crippen molar-refractivity contribution < 1.29 is 4.39 Å². The van der Waals surface area contributed by atoms with Gasteiger partial charge in [-0.3, -0.25) is 0 Å². The Balaban J connectivity index is 2.05. The van der Waals surface area contributed by atoms with Crippen molar-refractivity contribution >= 4 is 27.3 Å². The molecule has 1 aromatic carbocycles. The van der Waals surface area contributed by atoms with Gasteiger partial charge in [0.1, 0.15) is 5.82 Å². The maximum absolute atomic E-state index is 13.8. The van der Waals surface area contributed by atoms with Gasteiger partial charge in [-0.2, -0.15) is 0 Å². The lowest BCUT2D eigenvalue weighted by atomic mass is 10.0. The minimum absolute atomic E-state index is 0.108. The molecular formula is C16H19BrFNS. The highest BCUT2D eigenvalue weighted by Gasteiger charge is 2.13. The molecule has 0 radical (unpaired) electrons. The van der Waals surface area contributed by atoms with Crippen LogP contribution in [0.2, 0.25) is 0 Å².